The molecule has 5 nitrogen and oxygen atoms in total. The number of rotatable bonds is 10. The molecule has 0 aliphatic heterocycles. The molecule has 7 heteroatoms. The molecule has 0 spiro atoms. The van der Waals surface area contributed by atoms with Gasteiger partial charge in [-0.25, -0.2) is 0 Å². The van der Waals surface area contributed by atoms with Crippen molar-refractivity contribution < 1.29 is 14.3 Å². The Morgan fingerprint density at radius 3 is 2.22 bits per heavy atom. The van der Waals surface area contributed by atoms with E-state index in [1.807, 2.05) is 71.0 Å². The second kappa shape index (κ2) is 13.0. The van der Waals surface area contributed by atoms with E-state index >= 15 is 0 Å². The minimum atomic E-state index is -0.798. The third kappa shape index (κ3) is 7.73. The van der Waals surface area contributed by atoms with E-state index in [4.69, 9.17) is 27.9 Å². The first-order valence-electron chi connectivity index (χ1n) is 12.3. The van der Waals surface area contributed by atoms with Gasteiger partial charge in [-0.3, -0.25) is 9.59 Å². The quantitative estimate of drug-likeness (QED) is 0.321. The predicted octanol–water partition coefficient (Wildman–Crippen LogP) is 6.46. The maximum atomic E-state index is 13.8. The van der Waals surface area contributed by atoms with Gasteiger partial charge in [0.25, 0.3) is 5.91 Å². The molecule has 0 heterocycles. The van der Waals surface area contributed by atoms with Gasteiger partial charge in [-0.1, -0.05) is 65.7 Å². The lowest BCUT2D eigenvalue weighted by Gasteiger charge is -2.32. The fraction of sp³-hybridized carbons (Fsp3) is 0.333. The standard InChI is InChI=1S/C30H34Cl2N2O3/c1-19(2)33-30(36)27(16-23-10-7-6-8-11-23)34(17-24-25(31)12-9-13-26(24)32)29(35)18-37-28-15-20(3)14-21(4)22(28)5/h6-15,19,27H,16-18H2,1-5H3,(H,33,36)/t27-/m1/s1. The van der Waals surface area contributed by atoms with Crippen LogP contribution in [0.1, 0.15) is 41.7 Å². The second-order valence-electron chi connectivity index (χ2n) is 9.58. The van der Waals surface area contributed by atoms with E-state index in [-0.39, 0.29) is 31.0 Å². The summed E-state index contributed by atoms with van der Waals surface area (Å²) in [5, 5.41) is 3.83. The first-order valence-corrected chi connectivity index (χ1v) is 13.1. The van der Waals surface area contributed by atoms with E-state index in [1.54, 1.807) is 18.2 Å². The van der Waals surface area contributed by atoms with Crippen molar-refractivity contribution in [3.63, 3.8) is 0 Å². The summed E-state index contributed by atoms with van der Waals surface area (Å²) in [6, 6.07) is 17.9. The Kier molecular flexibility index (Phi) is 10.0. The molecule has 3 rings (SSSR count). The number of nitrogens with one attached hydrogen (secondary N) is 1. The summed E-state index contributed by atoms with van der Waals surface area (Å²) < 4.78 is 6.01. The molecule has 0 unspecified atom stereocenters. The molecule has 0 aromatic heterocycles. The van der Waals surface area contributed by atoms with Crippen LogP contribution in [-0.4, -0.2) is 35.4 Å². The molecule has 0 fully saturated rings. The molecule has 0 bridgehead atoms. The molecule has 0 saturated heterocycles. The van der Waals surface area contributed by atoms with Gasteiger partial charge in [0.05, 0.1) is 0 Å². The van der Waals surface area contributed by atoms with Crippen LogP contribution in [0.2, 0.25) is 10.0 Å². The summed E-state index contributed by atoms with van der Waals surface area (Å²) in [7, 11) is 0. The van der Waals surface area contributed by atoms with E-state index in [1.165, 1.54) is 4.90 Å². The number of nitrogens with zero attached hydrogens (tertiary/aromatic N) is 1. The molecule has 3 aromatic carbocycles. The number of carbonyl (C=O) groups is 2. The van der Waals surface area contributed by atoms with Crippen LogP contribution in [0.15, 0.2) is 60.7 Å². The van der Waals surface area contributed by atoms with E-state index < -0.39 is 6.04 Å². The molecule has 1 atom stereocenters. The van der Waals surface area contributed by atoms with Gasteiger partial charge in [0.2, 0.25) is 5.91 Å². The summed E-state index contributed by atoms with van der Waals surface area (Å²) in [4.78, 5) is 28.8. The van der Waals surface area contributed by atoms with Crippen molar-refractivity contribution in [1.82, 2.24) is 10.2 Å². The molecular weight excluding hydrogens is 507 g/mol. The van der Waals surface area contributed by atoms with E-state index in [0.717, 1.165) is 22.3 Å². The number of aryl methyl sites for hydroxylation is 2. The zero-order valence-electron chi connectivity index (χ0n) is 22.0. The highest BCUT2D eigenvalue weighted by molar-refractivity contribution is 6.36. The molecule has 0 radical (unpaired) electrons. The van der Waals surface area contributed by atoms with Crippen molar-refractivity contribution in [1.29, 1.82) is 0 Å². The molecule has 0 aliphatic rings. The fourth-order valence-electron chi connectivity index (χ4n) is 4.16. The third-order valence-electron chi connectivity index (χ3n) is 6.21. The Balaban J connectivity index is 1.99. The summed E-state index contributed by atoms with van der Waals surface area (Å²) in [6.07, 6.45) is 0.329. The van der Waals surface area contributed by atoms with Gasteiger partial charge in [-0.15, -0.1) is 0 Å². The average molecular weight is 542 g/mol. The van der Waals surface area contributed by atoms with Crippen molar-refractivity contribution in [3.8, 4) is 5.75 Å². The lowest BCUT2D eigenvalue weighted by atomic mass is 10.0. The first kappa shape index (κ1) is 28.5. The summed E-state index contributed by atoms with van der Waals surface area (Å²) in [6.45, 7) is 9.57. The molecule has 37 heavy (non-hydrogen) atoms. The Labute approximate surface area is 229 Å². The lowest BCUT2D eigenvalue weighted by Crippen LogP contribution is -2.53. The van der Waals surface area contributed by atoms with Crippen molar-refractivity contribution in [2.24, 2.45) is 0 Å². The van der Waals surface area contributed by atoms with Gasteiger partial charge < -0.3 is 15.0 Å². The van der Waals surface area contributed by atoms with Crippen LogP contribution in [0, 0.1) is 20.8 Å². The zero-order valence-corrected chi connectivity index (χ0v) is 23.5. The normalized spacial score (nSPS) is 11.8. The average Bonchev–Trinajstić information content (AvgIpc) is 2.84. The summed E-state index contributed by atoms with van der Waals surface area (Å²) in [5.74, 6) is 0.0557. The lowest BCUT2D eigenvalue weighted by molar-refractivity contribution is -0.143. The summed E-state index contributed by atoms with van der Waals surface area (Å²) in [5.41, 5.74) is 4.61. The van der Waals surface area contributed by atoms with Crippen molar-refractivity contribution in [2.45, 2.75) is 59.7 Å². The first-order chi connectivity index (χ1) is 17.6. The van der Waals surface area contributed by atoms with E-state index in [0.29, 0.717) is 27.8 Å². The maximum absolute atomic E-state index is 13.8. The molecular formula is C30H34Cl2N2O3. The molecule has 196 valence electrons. The Hall–Kier alpha value is -3.02. The largest absolute Gasteiger partial charge is 0.483 e. The number of ether oxygens (including phenoxy) is 1. The summed E-state index contributed by atoms with van der Waals surface area (Å²) >= 11 is 13.0. The van der Waals surface area contributed by atoms with Gasteiger partial charge in [-0.05, 0) is 75.1 Å². The van der Waals surface area contributed by atoms with Gasteiger partial charge in [0, 0.05) is 34.6 Å². The van der Waals surface area contributed by atoms with E-state index in [2.05, 4.69) is 11.4 Å². The maximum Gasteiger partial charge on any atom is 0.261 e. The second-order valence-corrected chi connectivity index (χ2v) is 10.4. The monoisotopic (exact) mass is 540 g/mol. The molecule has 0 saturated carbocycles. The minimum absolute atomic E-state index is 0.0650. The minimum Gasteiger partial charge on any atom is -0.483 e. The fourth-order valence-corrected chi connectivity index (χ4v) is 4.68. The van der Waals surface area contributed by atoms with Crippen LogP contribution in [0.5, 0.6) is 5.75 Å². The van der Waals surface area contributed by atoms with Crippen LogP contribution in [0.3, 0.4) is 0 Å². The number of hydrogen-bond acceptors (Lipinski definition) is 3. The van der Waals surface area contributed by atoms with Gasteiger partial charge in [0.1, 0.15) is 11.8 Å². The number of benzene rings is 3. The van der Waals surface area contributed by atoms with Crippen molar-refractivity contribution in [2.75, 3.05) is 6.61 Å². The van der Waals surface area contributed by atoms with Crippen LogP contribution in [-0.2, 0) is 22.6 Å². The highest BCUT2D eigenvalue weighted by atomic mass is 35.5. The van der Waals surface area contributed by atoms with Gasteiger partial charge >= 0.3 is 0 Å². The van der Waals surface area contributed by atoms with Crippen LogP contribution >= 0.6 is 23.2 Å². The molecule has 0 aliphatic carbocycles. The highest BCUT2D eigenvalue weighted by Gasteiger charge is 2.32. The Bertz CT molecular complexity index is 1220. The van der Waals surface area contributed by atoms with Crippen LogP contribution < -0.4 is 10.1 Å². The highest BCUT2D eigenvalue weighted by Crippen LogP contribution is 2.28. The van der Waals surface area contributed by atoms with Crippen molar-refractivity contribution >= 4 is 35.0 Å². The number of hydrogen-bond donors (Lipinski definition) is 1. The van der Waals surface area contributed by atoms with Crippen molar-refractivity contribution in [3.05, 3.63) is 98.5 Å². The number of carbonyl (C=O) groups excluding carboxylic acids is 2. The Morgan fingerprint density at radius 2 is 1.59 bits per heavy atom. The molecule has 3 aromatic rings. The van der Waals surface area contributed by atoms with Crippen LogP contribution in [0.25, 0.3) is 0 Å². The van der Waals surface area contributed by atoms with E-state index in [9.17, 15) is 9.59 Å². The van der Waals surface area contributed by atoms with Crippen LogP contribution in [0.4, 0.5) is 0 Å². The predicted molar refractivity (Wildman–Crippen MR) is 150 cm³/mol. The molecule has 1 N–H and O–H groups in total. The SMILES string of the molecule is Cc1cc(C)c(C)c(OCC(=O)N(Cc2c(Cl)cccc2Cl)[C@H](Cc2ccccc2)C(=O)NC(C)C)c1. The topological polar surface area (TPSA) is 58.6 Å². The van der Waals surface area contributed by atoms with Gasteiger partial charge in [-0.2, -0.15) is 0 Å². The molecule has 2 amide bonds. The Morgan fingerprint density at radius 1 is 0.946 bits per heavy atom. The number of halogens is 2. The number of amides is 2. The third-order valence-corrected chi connectivity index (χ3v) is 6.92. The smallest absolute Gasteiger partial charge is 0.261 e. The zero-order chi connectivity index (χ0) is 27.1. The van der Waals surface area contributed by atoms with Gasteiger partial charge in [0.15, 0.2) is 6.61 Å².